The van der Waals surface area contributed by atoms with Gasteiger partial charge in [-0.25, -0.2) is 9.97 Å². The van der Waals surface area contributed by atoms with Crippen LogP contribution >= 0.6 is 38.9 Å². The van der Waals surface area contributed by atoms with Crippen molar-refractivity contribution in [2.24, 2.45) is 0 Å². The molecule has 0 fully saturated rings. The topological polar surface area (TPSA) is 35.0 Å². The minimum Gasteiger partial charge on any atom is -0.486 e. The van der Waals surface area contributed by atoms with Crippen molar-refractivity contribution < 1.29 is 4.74 Å². The maximum atomic E-state index is 6.28. The van der Waals surface area contributed by atoms with E-state index in [2.05, 4.69) is 32.8 Å². The molecule has 0 aliphatic rings. The first-order chi connectivity index (χ1) is 10.0. The van der Waals surface area contributed by atoms with Crippen molar-refractivity contribution in [3.8, 4) is 5.75 Å². The normalized spacial score (nSPS) is 11.0. The number of rotatable bonds is 3. The van der Waals surface area contributed by atoms with Crippen LogP contribution in [0.2, 0.25) is 5.15 Å². The molecular formula is C15H12BrClN2OS. The van der Waals surface area contributed by atoms with E-state index in [-0.39, 0.29) is 0 Å². The SMILES string of the molecule is Cc1sc2nc(COc3ccc(Br)cc3)nc(Cl)c2c1C. The lowest BCUT2D eigenvalue weighted by molar-refractivity contribution is 0.296. The predicted molar refractivity (Wildman–Crippen MR) is 90.4 cm³/mol. The summed E-state index contributed by atoms with van der Waals surface area (Å²) in [6.45, 7) is 4.41. The lowest BCUT2D eigenvalue weighted by atomic mass is 10.2. The Kier molecular flexibility index (Phi) is 4.15. The number of hydrogen-bond donors (Lipinski definition) is 0. The molecule has 2 aromatic heterocycles. The maximum absolute atomic E-state index is 6.28. The van der Waals surface area contributed by atoms with Gasteiger partial charge in [0.1, 0.15) is 22.3 Å². The molecule has 108 valence electrons. The second-order valence-electron chi connectivity index (χ2n) is 4.64. The number of ether oxygens (including phenoxy) is 1. The monoisotopic (exact) mass is 382 g/mol. The van der Waals surface area contributed by atoms with E-state index in [1.54, 1.807) is 11.3 Å². The minimum atomic E-state index is 0.299. The minimum absolute atomic E-state index is 0.299. The molecule has 21 heavy (non-hydrogen) atoms. The molecule has 2 heterocycles. The van der Waals surface area contributed by atoms with Crippen molar-refractivity contribution in [3.63, 3.8) is 0 Å². The number of halogens is 2. The third-order valence-electron chi connectivity index (χ3n) is 3.21. The van der Waals surface area contributed by atoms with E-state index in [0.29, 0.717) is 17.6 Å². The first-order valence-electron chi connectivity index (χ1n) is 6.35. The highest BCUT2D eigenvalue weighted by atomic mass is 79.9. The molecule has 0 aliphatic carbocycles. The Morgan fingerprint density at radius 3 is 2.62 bits per heavy atom. The lowest BCUT2D eigenvalue weighted by Crippen LogP contribution is -2.01. The van der Waals surface area contributed by atoms with Gasteiger partial charge in [-0.05, 0) is 43.7 Å². The number of aromatic nitrogens is 2. The van der Waals surface area contributed by atoms with Crippen LogP contribution in [0, 0.1) is 13.8 Å². The molecule has 0 saturated heterocycles. The van der Waals surface area contributed by atoms with Crippen molar-refractivity contribution in [2.75, 3.05) is 0 Å². The summed E-state index contributed by atoms with van der Waals surface area (Å²) in [5.41, 5.74) is 1.15. The van der Waals surface area contributed by atoms with Gasteiger partial charge in [-0.1, -0.05) is 27.5 Å². The van der Waals surface area contributed by atoms with Crippen LogP contribution in [0.15, 0.2) is 28.7 Å². The van der Waals surface area contributed by atoms with Gasteiger partial charge in [0.15, 0.2) is 5.82 Å². The van der Waals surface area contributed by atoms with Crippen LogP contribution < -0.4 is 4.74 Å². The molecule has 0 spiro atoms. The third kappa shape index (κ3) is 3.05. The van der Waals surface area contributed by atoms with Crippen LogP contribution in [0.1, 0.15) is 16.3 Å². The van der Waals surface area contributed by atoms with Crippen LogP contribution in [0.3, 0.4) is 0 Å². The van der Waals surface area contributed by atoms with Gasteiger partial charge in [0.25, 0.3) is 0 Å². The van der Waals surface area contributed by atoms with Gasteiger partial charge in [0.2, 0.25) is 0 Å². The average molecular weight is 384 g/mol. The number of thiophene rings is 1. The van der Waals surface area contributed by atoms with Crippen LogP contribution in [-0.2, 0) is 6.61 Å². The fourth-order valence-corrected chi connectivity index (χ4v) is 3.68. The molecule has 0 amide bonds. The molecule has 0 radical (unpaired) electrons. The summed E-state index contributed by atoms with van der Waals surface area (Å²) in [5.74, 6) is 1.37. The van der Waals surface area contributed by atoms with Crippen molar-refractivity contribution in [1.29, 1.82) is 0 Å². The highest BCUT2D eigenvalue weighted by Crippen LogP contribution is 2.33. The summed E-state index contributed by atoms with van der Waals surface area (Å²) < 4.78 is 6.70. The zero-order valence-electron chi connectivity index (χ0n) is 11.5. The molecule has 6 heteroatoms. The van der Waals surface area contributed by atoms with E-state index in [9.17, 15) is 0 Å². The van der Waals surface area contributed by atoms with E-state index >= 15 is 0 Å². The summed E-state index contributed by atoms with van der Waals surface area (Å²) in [6.07, 6.45) is 0. The van der Waals surface area contributed by atoms with Crippen LogP contribution in [-0.4, -0.2) is 9.97 Å². The van der Waals surface area contributed by atoms with Gasteiger partial charge in [-0.3, -0.25) is 0 Å². The van der Waals surface area contributed by atoms with Crippen molar-refractivity contribution in [3.05, 3.63) is 50.2 Å². The Hall–Kier alpha value is -1.17. The first-order valence-corrected chi connectivity index (χ1v) is 8.34. The van der Waals surface area contributed by atoms with E-state index in [1.165, 1.54) is 4.88 Å². The third-order valence-corrected chi connectivity index (χ3v) is 5.12. The number of aryl methyl sites for hydroxylation is 2. The Morgan fingerprint density at radius 1 is 1.19 bits per heavy atom. The second kappa shape index (κ2) is 5.91. The van der Waals surface area contributed by atoms with Gasteiger partial charge in [0, 0.05) is 9.35 Å². The molecule has 0 bridgehead atoms. The van der Waals surface area contributed by atoms with Crippen molar-refractivity contribution in [2.45, 2.75) is 20.5 Å². The molecule has 3 aromatic rings. The zero-order valence-corrected chi connectivity index (χ0v) is 14.6. The molecule has 3 rings (SSSR count). The Labute approximate surface area is 140 Å². The lowest BCUT2D eigenvalue weighted by Gasteiger charge is -2.06. The Morgan fingerprint density at radius 2 is 1.90 bits per heavy atom. The number of fused-ring (bicyclic) bond motifs is 1. The molecule has 0 unspecified atom stereocenters. The summed E-state index contributed by atoms with van der Waals surface area (Å²) in [7, 11) is 0. The molecule has 1 aromatic carbocycles. The van der Waals surface area contributed by atoms with Gasteiger partial charge >= 0.3 is 0 Å². The summed E-state index contributed by atoms with van der Waals surface area (Å²) >= 11 is 11.3. The van der Waals surface area contributed by atoms with Crippen molar-refractivity contribution in [1.82, 2.24) is 9.97 Å². The Balaban J connectivity index is 1.86. The highest BCUT2D eigenvalue weighted by molar-refractivity contribution is 9.10. The first kappa shape index (κ1) is 14.8. The molecule has 3 nitrogen and oxygen atoms in total. The number of nitrogens with zero attached hydrogens (tertiary/aromatic N) is 2. The van der Waals surface area contributed by atoms with Gasteiger partial charge in [-0.15, -0.1) is 11.3 Å². The van der Waals surface area contributed by atoms with Gasteiger partial charge in [-0.2, -0.15) is 0 Å². The molecule has 0 N–H and O–H groups in total. The Bertz CT molecular complexity index is 802. The maximum Gasteiger partial charge on any atom is 0.169 e. The largest absolute Gasteiger partial charge is 0.486 e. The fraction of sp³-hybridized carbons (Fsp3) is 0.200. The number of hydrogen-bond acceptors (Lipinski definition) is 4. The summed E-state index contributed by atoms with van der Waals surface area (Å²) in [6, 6.07) is 7.64. The van der Waals surface area contributed by atoms with Crippen LogP contribution in [0.5, 0.6) is 5.75 Å². The quantitative estimate of drug-likeness (QED) is 0.575. The predicted octanol–water partition coefficient (Wildman–Crippen LogP) is 5.30. The van der Waals surface area contributed by atoms with E-state index in [0.717, 1.165) is 26.0 Å². The zero-order chi connectivity index (χ0) is 15.0. The van der Waals surface area contributed by atoms with Crippen LogP contribution in [0.25, 0.3) is 10.2 Å². The second-order valence-corrected chi connectivity index (χ2v) is 7.11. The van der Waals surface area contributed by atoms with E-state index in [1.807, 2.05) is 31.2 Å². The van der Waals surface area contributed by atoms with Gasteiger partial charge < -0.3 is 4.74 Å². The molecule has 0 saturated carbocycles. The molecule has 0 aliphatic heterocycles. The fourth-order valence-electron chi connectivity index (χ4n) is 1.99. The van der Waals surface area contributed by atoms with Crippen LogP contribution in [0.4, 0.5) is 0 Å². The number of benzene rings is 1. The standard InChI is InChI=1S/C15H12BrClN2OS/c1-8-9(2)21-15-13(8)14(17)18-12(19-15)7-20-11-5-3-10(16)4-6-11/h3-6H,7H2,1-2H3. The van der Waals surface area contributed by atoms with Gasteiger partial charge in [0.05, 0.1) is 5.39 Å². The highest BCUT2D eigenvalue weighted by Gasteiger charge is 2.13. The average Bonchev–Trinajstić information content (AvgIpc) is 2.74. The summed E-state index contributed by atoms with van der Waals surface area (Å²) in [4.78, 5) is 11.0. The molecular weight excluding hydrogens is 372 g/mol. The smallest absolute Gasteiger partial charge is 0.169 e. The van der Waals surface area contributed by atoms with E-state index < -0.39 is 0 Å². The summed E-state index contributed by atoms with van der Waals surface area (Å²) in [5, 5.41) is 1.45. The van der Waals surface area contributed by atoms with E-state index in [4.69, 9.17) is 16.3 Å². The van der Waals surface area contributed by atoms with Crippen molar-refractivity contribution >= 4 is 49.1 Å². The molecule has 0 atom stereocenters.